The highest BCUT2D eigenvalue weighted by atomic mass is 32.2. The van der Waals surface area contributed by atoms with E-state index in [1.54, 1.807) is 13.1 Å². The summed E-state index contributed by atoms with van der Waals surface area (Å²) in [5, 5.41) is 3.01. The van der Waals surface area contributed by atoms with Crippen LogP contribution in [0.4, 0.5) is 13.2 Å². The zero-order valence-electron chi connectivity index (χ0n) is 11.1. The van der Waals surface area contributed by atoms with Crippen molar-refractivity contribution in [2.24, 2.45) is 0 Å². The van der Waals surface area contributed by atoms with Gasteiger partial charge in [-0.05, 0) is 55.9 Å². The molecule has 0 aliphatic heterocycles. The van der Waals surface area contributed by atoms with Gasteiger partial charge in [-0.25, -0.2) is 13.2 Å². The van der Waals surface area contributed by atoms with Gasteiger partial charge in [-0.3, -0.25) is 0 Å². The summed E-state index contributed by atoms with van der Waals surface area (Å²) in [6.45, 7) is 1.88. The fourth-order valence-electron chi connectivity index (χ4n) is 1.78. The summed E-state index contributed by atoms with van der Waals surface area (Å²) in [5.41, 5.74) is 0.709. The van der Waals surface area contributed by atoms with Gasteiger partial charge in [0.05, 0.1) is 4.90 Å². The third kappa shape index (κ3) is 3.35. The molecule has 0 heterocycles. The highest BCUT2D eigenvalue weighted by Crippen LogP contribution is 2.35. The Morgan fingerprint density at radius 3 is 2.30 bits per heavy atom. The molecule has 0 fully saturated rings. The summed E-state index contributed by atoms with van der Waals surface area (Å²) in [7, 11) is 1.76. The van der Waals surface area contributed by atoms with E-state index in [0.29, 0.717) is 10.5 Å². The van der Waals surface area contributed by atoms with Gasteiger partial charge in [0.2, 0.25) is 0 Å². The molecular weight excluding hydrogens is 283 g/mol. The van der Waals surface area contributed by atoms with Gasteiger partial charge in [-0.15, -0.1) is 0 Å². The van der Waals surface area contributed by atoms with Crippen LogP contribution in [0.2, 0.25) is 0 Å². The summed E-state index contributed by atoms with van der Waals surface area (Å²) in [4.78, 5) is 0.874. The molecule has 2 aromatic rings. The fourth-order valence-corrected chi connectivity index (χ4v) is 2.84. The van der Waals surface area contributed by atoms with E-state index in [0.717, 1.165) is 30.0 Å². The van der Waals surface area contributed by atoms with Crippen molar-refractivity contribution in [3.05, 3.63) is 59.4 Å². The normalized spacial score (nSPS) is 12.4. The van der Waals surface area contributed by atoms with Crippen LogP contribution in [-0.2, 0) is 0 Å². The zero-order valence-corrected chi connectivity index (χ0v) is 11.9. The Kier molecular flexibility index (Phi) is 4.73. The molecule has 0 saturated carbocycles. The molecule has 1 nitrogen and oxygen atoms in total. The smallest absolute Gasteiger partial charge is 0.137 e. The Bertz CT molecular complexity index is 616. The molecule has 0 spiro atoms. The first-order chi connectivity index (χ1) is 9.51. The predicted octanol–water partition coefficient (Wildman–Crippen LogP) is 4.54. The number of hydrogen-bond acceptors (Lipinski definition) is 2. The van der Waals surface area contributed by atoms with Crippen LogP contribution >= 0.6 is 11.8 Å². The average Bonchev–Trinajstić information content (AvgIpc) is 2.43. The zero-order chi connectivity index (χ0) is 14.7. The predicted molar refractivity (Wildman–Crippen MR) is 74.4 cm³/mol. The monoisotopic (exact) mass is 297 g/mol. The molecule has 0 aliphatic rings. The van der Waals surface area contributed by atoms with Crippen molar-refractivity contribution in [3.8, 4) is 0 Å². The SMILES string of the molecule is CNC(C)c1cc(F)ccc1Sc1cc(F)ccc1F. The second kappa shape index (κ2) is 6.33. The topological polar surface area (TPSA) is 12.0 Å². The Labute approximate surface area is 120 Å². The van der Waals surface area contributed by atoms with E-state index < -0.39 is 11.6 Å². The molecule has 1 atom stereocenters. The van der Waals surface area contributed by atoms with Crippen LogP contribution in [0.25, 0.3) is 0 Å². The van der Waals surface area contributed by atoms with Crippen LogP contribution < -0.4 is 5.32 Å². The molecule has 106 valence electrons. The van der Waals surface area contributed by atoms with E-state index in [9.17, 15) is 13.2 Å². The molecule has 0 amide bonds. The van der Waals surface area contributed by atoms with Crippen molar-refractivity contribution in [2.75, 3.05) is 7.05 Å². The second-order valence-corrected chi connectivity index (χ2v) is 5.45. The molecule has 0 saturated heterocycles. The van der Waals surface area contributed by atoms with Crippen molar-refractivity contribution in [2.45, 2.75) is 22.8 Å². The highest BCUT2D eigenvalue weighted by Gasteiger charge is 2.13. The molecule has 1 unspecified atom stereocenters. The van der Waals surface area contributed by atoms with Gasteiger partial charge in [0.25, 0.3) is 0 Å². The van der Waals surface area contributed by atoms with Crippen molar-refractivity contribution in [1.29, 1.82) is 0 Å². The lowest BCUT2D eigenvalue weighted by Crippen LogP contribution is -2.13. The quantitative estimate of drug-likeness (QED) is 0.889. The molecule has 0 radical (unpaired) electrons. The molecule has 0 aromatic heterocycles. The summed E-state index contributed by atoms with van der Waals surface area (Å²) in [6.07, 6.45) is 0. The minimum atomic E-state index is -0.501. The van der Waals surface area contributed by atoms with Gasteiger partial charge in [0, 0.05) is 10.9 Å². The minimum absolute atomic E-state index is 0.0928. The lowest BCUT2D eigenvalue weighted by Gasteiger charge is -2.16. The third-order valence-electron chi connectivity index (χ3n) is 2.98. The molecule has 0 aliphatic carbocycles. The van der Waals surface area contributed by atoms with E-state index >= 15 is 0 Å². The second-order valence-electron chi connectivity index (χ2n) is 4.37. The largest absolute Gasteiger partial charge is 0.313 e. The van der Waals surface area contributed by atoms with Crippen LogP contribution in [0.5, 0.6) is 0 Å². The van der Waals surface area contributed by atoms with Crippen molar-refractivity contribution >= 4 is 11.8 Å². The third-order valence-corrected chi connectivity index (χ3v) is 4.11. The van der Waals surface area contributed by atoms with E-state index in [1.165, 1.54) is 12.1 Å². The van der Waals surface area contributed by atoms with Gasteiger partial charge in [-0.2, -0.15) is 0 Å². The maximum absolute atomic E-state index is 13.7. The van der Waals surface area contributed by atoms with Crippen molar-refractivity contribution in [1.82, 2.24) is 5.32 Å². The van der Waals surface area contributed by atoms with Gasteiger partial charge < -0.3 is 5.32 Å². The highest BCUT2D eigenvalue weighted by molar-refractivity contribution is 7.99. The number of nitrogens with one attached hydrogen (secondary N) is 1. The number of benzene rings is 2. The lowest BCUT2D eigenvalue weighted by molar-refractivity contribution is 0.576. The molecular formula is C15H14F3NS. The van der Waals surface area contributed by atoms with Crippen LogP contribution in [0.3, 0.4) is 0 Å². The molecule has 20 heavy (non-hydrogen) atoms. The first-order valence-electron chi connectivity index (χ1n) is 6.11. The van der Waals surface area contributed by atoms with Crippen LogP contribution in [0.15, 0.2) is 46.2 Å². The van der Waals surface area contributed by atoms with Gasteiger partial charge in [0.15, 0.2) is 0 Å². The van der Waals surface area contributed by atoms with Gasteiger partial charge >= 0.3 is 0 Å². The lowest BCUT2D eigenvalue weighted by atomic mass is 10.1. The fraction of sp³-hybridized carbons (Fsp3) is 0.200. The summed E-state index contributed by atoms with van der Waals surface area (Å²) in [5.74, 6) is -1.35. The first-order valence-corrected chi connectivity index (χ1v) is 6.92. The summed E-state index contributed by atoms with van der Waals surface area (Å²) >= 11 is 1.09. The Morgan fingerprint density at radius 2 is 1.60 bits per heavy atom. The molecule has 5 heteroatoms. The minimum Gasteiger partial charge on any atom is -0.313 e. The summed E-state index contributed by atoms with van der Waals surface area (Å²) in [6, 6.07) is 7.49. The molecule has 0 bridgehead atoms. The van der Waals surface area contributed by atoms with Crippen LogP contribution in [-0.4, -0.2) is 7.05 Å². The van der Waals surface area contributed by atoms with Crippen molar-refractivity contribution in [3.63, 3.8) is 0 Å². The standard InChI is InChI=1S/C15H14F3NS/c1-9(19-2)12-7-10(16)4-6-14(12)20-15-8-11(17)3-5-13(15)18/h3-9,19H,1-2H3. The maximum atomic E-state index is 13.7. The first kappa shape index (κ1) is 14.9. The average molecular weight is 297 g/mol. The van der Waals surface area contributed by atoms with Crippen LogP contribution in [0.1, 0.15) is 18.5 Å². The number of hydrogen-bond donors (Lipinski definition) is 1. The summed E-state index contributed by atoms with van der Waals surface area (Å²) < 4.78 is 40.2. The number of halogens is 3. The van der Waals surface area contributed by atoms with Crippen molar-refractivity contribution < 1.29 is 13.2 Å². The van der Waals surface area contributed by atoms with Gasteiger partial charge in [-0.1, -0.05) is 11.8 Å². The number of rotatable bonds is 4. The molecule has 2 rings (SSSR count). The maximum Gasteiger partial charge on any atom is 0.137 e. The van der Waals surface area contributed by atoms with E-state index in [2.05, 4.69) is 5.32 Å². The Morgan fingerprint density at radius 1 is 0.950 bits per heavy atom. The van der Waals surface area contributed by atoms with E-state index in [4.69, 9.17) is 0 Å². The Hall–Kier alpha value is -1.46. The molecule has 1 N–H and O–H groups in total. The Balaban J connectivity index is 2.40. The van der Waals surface area contributed by atoms with Gasteiger partial charge in [0.1, 0.15) is 17.5 Å². The van der Waals surface area contributed by atoms with E-state index in [1.807, 2.05) is 6.92 Å². The molecule has 2 aromatic carbocycles. The van der Waals surface area contributed by atoms with E-state index in [-0.39, 0.29) is 16.8 Å². The van der Waals surface area contributed by atoms with Crippen LogP contribution in [0, 0.1) is 17.5 Å².